The maximum Gasteiger partial charge on any atom is 0.267 e. The molecule has 4 nitrogen and oxygen atoms in total. The first-order chi connectivity index (χ1) is 8.40. The summed E-state index contributed by atoms with van der Waals surface area (Å²) in [6.07, 6.45) is 0. The lowest BCUT2D eigenvalue weighted by Crippen LogP contribution is -2.14. The standard InChI is InChI=1S/C10H5BrF3N3O/c11-7-8(16-10(15)17-9(7)18)6-4(13)1-3(12)2-5(6)14/h1-2H,(H3,15,16,17,18). The summed E-state index contributed by atoms with van der Waals surface area (Å²) in [4.78, 5) is 17.2. The van der Waals surface area contributed by atoms with Crippen LogP contribution in [0.5, 0.6) is 0 Å². The molecule has 1 heterocycles. The van der Waals surface area contributed by atoms with Crippen LogP contribution >= 0.6 is 15.9 Å². The van der Waals surface area contributed by atoms with E-state index in [0.29, 0.717) is 12.1 Å². The van der Waals surface area contributed by atoms with Gasteiger partial charge in [0.1, 0.15) is 21.9 Å². The second kappa shape index (κ2) is 4.45. The van der Waals surface area contributed by atoms with Gasteiger partial charge in [-0.05, 0) is 15.9 Å². The van der Waals surface area contributed by atoms with Gasteiger partial charge in [-0.15, -0.1) is 0 Å². The van der Waals surface area contributed by atoms with Gasteiger partial charge in [0.25, 0.3) is 5.56 Å². The van der Waals surface area contributed by atoms with Crippen molar-refractivity contribution in [2.24, 2.45) is 0 Å². The van der Waals surface area contributed by atoms with Crippen LogP contribution in [0.25, 0.3) is 11.3 Å². The Morgan fingerprint density at radius 3 is 2.33 bits per heavy atom. The summed E-state index contributed by atoms with van der Waals surface area (Å²) in [5.74, 6) is -3.72. The van der Waals surface area contributed by atoms with E-state index in [9.17, 15) is 18.0 Å². The Bertz CT molecular complexity index is 664. The molecule has 18 heavy (non-hydrogen) atoms. The predicted octanol–water partition coefficient (Wildman–Crippen LogP) is 2.20. The number of hydrogen-bond acceptors (Lipinski definition) is 3. The highest BCUT2D eigenvalue weighted by atomic mass is 79.9. The average Bonchev–Trinajstić information content (AvgIpc) is 2.23. The van der Waals surface area contributed by atoms with Crippen molar-refractivity contribution in [1.82, 2.24) is 9.97 Å². The Kier molecular flexibility index (Phi) is 3.12. The fourth-order valence-electron chi connectivity index (χ4n) is 1.41. The molecule has 0 aliphatic heterocycles. The molecule has 0 saturated heterocycles. The average molecular weight is 320 g/mol. The lowest BCUT2D eigenvalue weighted by Gasteiger charge is -2.07. The molecule has 0 bridgehead atoms. The van der Waals surface area contributed by atoms with E-state index >= 15 is 0 Å². The van der Waals surface area contributed by atoms with E-state index in [4.69, 9.17) is 5.73 Å². The van der Waals surface area contributed by atoms with Crippen LogP contribution in [-0.4, -0.2) is 9.97 Å². The third-order valence-corrected chi connectivity index (χ3v) is 2.86. The summed E-state index contributed by atoms with van der Waals surface area (Å²) >= 11 is 2.85. The zero-order chi connectivity index (χ0) is 13.4. The molecule has 1 aromatic heterocycles. The van der Waals surface area contributed by atoms with Gasteiger partial charge in [0.2, 0.25) is 5.95 Å². The minimum atomic E-state index is -1.18. The number of rotatable bonds is 1. The highest BCUT2D eigenvalue weighted by Crippen LogP contribution is 2.29. The highest BCUT2D eigenvalue weighted by Gasteiger charge is 2.19. The molecular weight excluding hydrogens is 315 g/mol. The quantitative estimate of drug-likeness (QED) is 0.846. The lowest BCUT2D eigenvalue weighted by molar-refractivity contribution is 0.547. The Balaban J connectivity index is 2.81. The van der Waals surface area contributed by atoms with Crippen LogP contribution < -0.4 is 11.3 Å². The monoisotopic (exact) mass is 319 g/mol. The van der Waals surface area contributed by atoms with Gasteiger partial charge in [0.15, 0.2) is 0 Å². The van der Waals surface area contributed by atoms with E-state index < -0.39 is 28.6 Å². The largest absolute Gasteiger partial charge is 0.369 e. The molecule has 0 radical (unpaired) electrons. The van der Waals surface area contributed by atoms with Gasteiger partial charge < -0.3 is 5.73 Å². The van der Waals surface area contributed by atoms with E-state index in [1.807, 2.05) is 0 Å². The van der Waals surface area contributed by atoms with Gasteiger partial charge in [0.05, 0.1) is 11.3 Å². The van der Waals surface area contributed by atoms with Crippen molar-refractivity contribution in [1.29, 1.82) is 0 Å². The zero-order valence-corrected chi connectivity index (χ0v) is 10.2. The van der Waals surface area contributed by atoms with Crippen molar-refractivity contribution in [3.63, 3.8) is 0 Å². The Morgan fingerprint density at radius 2 is 1.78 bits per heavy atom. The molecule has 0 unspecified atom stereocenters. The van der Waals surface area contributed by atoms with E-state index in [0.717, 1.165) is 0 Å². The second-order valence-corrected chi connectivity index (χ2v) is 4.15. The molecular formula is C10H5BrF3N3O. The molecule has 0 amide bonds. The molecule has 0 spiro atoms. The van der Waals surface area contributed by atoms with Gasteiger partial charge in [0, 0.05) is 12.1 Å². The number of aromatic nitrogens is 2. The summed E-state index contributed by atoms with van der Waals surface area (Å²) in [7, 11) is 0. The zero-order valence-electron chi connectivity index (χ0n) is 8.60. The van der Waals surface area contributed by atoms with E-state index in [2.05, 4.69) is 25.9 Å². The van der Waals surface area contributed by atoms with Gasteiger partial charge in [-0.1, -0.05) is 0 Å². The van der Waals surface area contributed by atoms with Gasteiger partial charge >= 0.3 is 0 Å². The number of nitrogens with zero attached hydrogens (tertiary/aromatic N) is 1. The summed E-state index contributed by atoms with van der Waals surface area (Å²) in [5.41, 5.74) is 3.64. The number of nitrogens with two attached hydrogens (primary N) is 1. The summed E-state index contributed by atoms with van der Waals surface area (Å²) in [6.45, 7) is 0. The van der Waals surface area contributed by atoms with Crippen LogP contribution in [0.4, 0.5) is 19.1 Å². The van der Waals surface area contributed by atoms with Gasteiger partial charge in [-0.25, -0.2) is 18.2 Å². The highest BCUT2D eigenvalue weighted by molar-refractivity contribution is 9.10. The topological polar surface area (TPSA) is 71.8 Å². The van der Waals surface area contributed by atoms with Crippen molar-refractivity contribution in [3.8, 4) is 11.3 Å². The number of H-pyrrole nitrogens is 1. The molecule has 0 saturated carbocycles. The van der Waals surface area contributed by atoms with Gasteiger partial charge in [-0.3, -0.25) is 9.78 Å². The number of halogens is 4. The van der Waals surface area contributed by atoms with Crippen molar-refractivity contribution in [2.45, 2.75) is 0 Å². The van der Waals surface area contributed by atoms with Crippen LogP contribution in [0.1, 0.15) is 0 Å². The third kappa shape index (κ3) is 2.10. The van der Waals surface area contributed by atoms with Crippen molar-refractivity contribution in [3.05, 3.63) is 44.4 Å². The molecule has 2 aromatic rings. The van der Waals surface area contributed by atoms with Crippen molar-refractivity contribution in [2.75, 3.05) is 5.73 Å². The number of nitrogen functional groups attached to an aromatic ring is 1. The van der Waals surface area contributed by atoms with Gasteiger partial charge in [-0.2, -0.15) is 0 Å². The third-order valence-electron chi connectivity index (χ3n) is 2.12. The number of benzene rings is 1. The normalized spacial score (nSPS) is 10.7. The number of aromatic amines is 1. The van der Waals surface area contributed by atoms with Crippen LogP contribution in [0.15, 0.2) is 21.4 Å². The molecule has 0 aliphatic carbocycles. The Labute approximate surface area is 107 Å². The van der Waals surface area contributed by atoms with E-state index in [-0.39, 0.29) is 16.1 Å². The molecule has 8 heteroatoms. The van der Waals surface area contributed by atoms with E-state index in [1.54, 1.807) is 0 Å². The van der Waals surface area contributed by atoms with E-state index in [1.165, 1.54) is 0 Å². The second-order valence-electron chi connectivity index (χ2n) is 3.36. The Hall–Kier alpha value is -1.83. The maximum atomic E-state index is 13.5. The first kappa shape index (κ1) is 12.6. The minimum Gasteiger partial charge on any atom is -0.369 e. The van der Waals surface area contributed by atoms with Crippen LogP contribution in [-0.2, 0) is 0 Å². The van der Waals surface area contributed by atoms with Crippen LogP contribution in [0.2, 0.25) is 0 Å². The fraction of sp³-hybridized carbons (Fsp3) is 0. The molecule has 94 valence electrons. The SMILES string of the molecule is Nc1nc(-c2c(F)cc(F)cc2F)c(Br)c(=O)[nH]1. The fourth-order valence-corrected chi connectivity index (χ4v) is 1.80. The first-order valence-electron chi connectivity index (χ1n) is 4.60. The van der Waals surface area contributed by atoms with Crippen LogP contribution in [0, 0.1) is 17.5 Å². The predicted molar refractivity (Wildman–Crippen MR) is 62.3 cm³/mol. The maximum absolute atomic E-state index is 13.5. The molecule has 1 aromatic carbocycles. The minimum absolute atomic E-state index is 0.193. The Morgan fingerprint density at radius 1 is 1.22 bits per heavy atom. The smallest absolute Gasteiger partial charge is 0.267 e. The first-order valence-corrected chi connectivity index (χ1v) is 5.39. The number of hydrogen-bond donors (Lipinski definition) is 2. The number of nitrogens with one attached hydrogen (secondary N) is 1. The molecule has 0 atom stereocenters. The van der Waals surface area contributed by atoms with Crippen molar-refractivity contribution >= 4 is 21.9 Å². The number of anilines is 1. The summed E-state index contributed by atoms with van der Waals surface area (Å²) in [6, 6.07) is 0.980. The summed E-state index contributed by atoms with van der Waals surface area (Å²) < 4.78 is 39.7. The summed E-state index contributed by atoms with van der Waals surface area (Å²) in [5, 5.41) is 0. The molecule has 0 fully saturated rings. The van der Waals surface area contributed by atoms with Crippen molar-refractivity contribution < 1.29 is 13.2 Å². The van der Waals surface area contributed by atoms with Crippen LogP contribution in [0.3, 0.4) is 0 Å². The lowest BCUT2D eigenvalue weighted by atomic mass is 10.1. The molecule has 0 aliphatic rings. The molecule has 3 N–H and O–H groups in total. The molecule has 2 rings (SSSR count).